The maximum atomic E-state index is 10.2. The van der Waals surface area contributed by atoms with Crippen LogP contribution in [0.2, 0.25) is 0 Å². The Kier molecular flexibility index (Phi) is 2.93. The predicted molar refractivity (Wildman–Crippen MR) is 73.4 cm³/mol. The summed E-state index contributed by atoms with van der Waals surface area (Å²) in [6.45, 7) is 10.1. The van der Waals surface area contributed by atoms with Crippen molar-refractivity contribution < 1.29 is 5.11 Å². The molecule has 0 fully saturated rings. The number of rotatable bonds is 1. The second-order valence-electron chi connectivity index (χ2n) is 5.73. The molecule has 1 N–H and O–H groups in total. The number of aryl methyl sites for hydroxylation is 1. The van der Waals surface area contributed by atoms with Crippen LogP contribution in [0.1, 0.15) is 37.7 Å². The van der Waals surface area contributed by atoms with Crippen molar-refractivity contribution >= 4 is 0 Å². The van der Waals surface area contributed by atoms with Gasteiger partial charge in [0.2, 0.25) is 0 Å². The van der Waals surface area contributed by atoms with Crippen molar-refractivity contribution in [3.8, 4) is 11.4 Å². The van der Waals surface area contributed by atoms with Crippen molar-refractivity contribution in [3.63, 3.8) is 0 Å². The Morgan fingerprint density at radius 3 is 2.22 bits per heavy atom. The van der Waals surface area contributed by atoms with Crippen molar-refractivity contribution in [2.75, 3.05) is 0 Å². The minimum Gasteiger partial charge on any atom is -0.504 e. The summed E-state index contributed by atoms with van der Waals surface area (Å²) in [6, 6.07) is 8.05. The van der Waals surface area contributed by atoms with E-state index in [-0.39, 0.29) is 5.41 Å². The van der Waals surface area contributed by atoms with Crippen LogP contribution in [-0.2, 0) is 5.41 Å². The van der Waals surface area contributed by atoms with Crippen LogP contribution in [0.5, 0.6) is 5.75 Å². The molecule has 0 aliphatic carbocycles. The van der Waals surface area contributed by atoms with Crippen molar-refractivity contribution in [2.24, 2.45) is 0 Å². The zero-order chi connectivity index (χ0) is 13.5. The van der Waals surface area contributed by atoms with Gasteiger partial charge in [0.15, 0.2) is 5.75 Å². The fourth-order valence-corrected chi connectivity index (χ4v) is 2.03. The average molecular weight is 244 g/mol. The lowest BCUT2D eigenvalue weighted by Gasteiger charge is -2.15. The fraction of sp³-hybridized carbons (Fsp3) is 0.400. The summed E-state index contributed by atoms with van der Waals surface area (Å²) < 4.78 is 1.82. The first-order valence-corrected chi connectivity index (χ1v) is 6.17. The molecule has 0 saturated heterocycles. The molecule has 3 heteroatoms. The van der Waals surface area contributed by atoms with Crippen LogP contribution in [0.25, 0.3) is 5.69 Å². The molecule has 0 radical (unpaired) electrons. The van der Waals surface area contributed by atoms with Gasteiger partial charge in [0.1, 0.15) is 5.69 Å². The molecule has 0 unspecified atom stereocenters. The number of aromatic nitrogens is 2. The Bertz CT molecular complexity index is 577. The molecule has 0 saturated carbocycles. The molecular formula is C15H20N2O. The summed E-state index contributed by atoms with van der Waals surface area (Å²) in [4.78, 5) is 0. The third-order valence-electron chi connectivity index (χ3n) is 3.14. The van der Waals surface area contributed by atoms with Crippen molar-refractivity contribution in [1.29, 1.82) is 0 Å². The second kappa shape index (κ2) is 4.16. The van der Waals surface area contributed by atoms with E-state index in [1.54, 1.807) is 0 Å². The first-order valence-electron chi connectivity index (χ1n) is 6.17. The maximum Gasteiger partial charge on any atom is 0.160 e. The van der Waals surface area contributed by atoms with Gasteiger partial charge < -0.3 is 5.11 Å². The summed E-state index contributed by atoms with van der Waals surface area (Å²) in [5.41, 5.74) is 3.52. The van der Waals surface area contributed by atoms with Crippen LogP contribution < -0.4 is 0 Å². The number of aromatic hydroxyl groups is 1. The van der Waals surface area contributed by atoms with E-state index in [0.717, 1.165) is 22.6 Å². The molecule has 0 spiro atoms. The Labute approximate surface area is 108 Å². The highest BCUT2D eigenvalue weighted by atomic mass is 16.3. The molecule has 96 valence electrons. The van der Waals surface area contributed by atoms with Crippen LogP contribution in [0, 0.1) is 13.8 Å². The van der Waals surface area contributed by atoms with Crippen LogP contribution in [0.15, 0.2) is 24.3 Å². The number of nitrogens with zero attached hydrogens (tertiary/aromatic N) is 2. The zero-order valence-corrected chi connectivity index (χ0v) is 11.7. The van der Waals surface area contributed by atoms with Gasteiger partial charge in [0.05, 0.1) is 11.4 Å². The molecule has 0 atom stereocenters. The van der Waals surface area contributed by atoms with E-state index in [4.69, 9.17) is 0 Å². The molecule has 0 aliphatic rings. The van der Waals surface area contributed by atoms with Gasteiger partial charge in [-0.05, 0) is 25.5 Å². The summed E-state index contributed by atoms with van der Waals surface area (Å²) in [6.07, 6.45) is 0. The number of hydrogen-bond donors (Lipinski definition) is 1. The standard InChI is InChI=1S/C15H20N2O/c1-10-8-6-7-9-12(10)17-11(2)13(18)14(16-17)15(3,4)5/h6-9,18H,1-5H3. The van der Waals surface area contributed by atoms with Crippen LogP contribution >= 0.6 is 0 Å². The molecule has 0 bridgehead atoms. The molecule has 1 heterocycles. The van der Waals surface area contributed by atoms with Crippen molar-refractivity contribution in [3.05, 3.63) is 41.2 Å². The normalized spacial score (nSPS) is 11.8. The summed E-state index contributed by atoms with van der Waals surface area (Å²) in [5.74, 6) is 0.297. The topological polar surface area (TPSA) is 38.0 Å². The smallest absolute Gasteiger partial charge is 0.160 e. The lowest BCUT2D eigenvalue weighted by atomic mass is 9.91. The lowest BCUT2D eigenvalue weighted by Crippen LogP contribution is -2.13. The second-order valence-corrected chi connectivity index (χ2v) is 5.73. The van der Waals surface area contributed by atoms with Gasteiger partial charge in [0, 0.05) is 5.41 Å². The highest BCUT2D eigenvalue weighted by molar-refractivity contribution is 5.45. The zero-order valence-electron chi connectivity index (χ0n) is 11.7. The van der Waals surface area contributed by atoms with Gasteiger partial charge >= 0.3 is 0 Å². The monoisotopic (exact) mass is 244 g/mol. The van der Waals surface area contributed by atoms with Gasteiger partial charge in [-0.15, -0.1) is 0 Å². The Hall–Kier alpha value is -1.77. The molecule has 1 aromatic carbocycles. The summed E-state index contributed by atoms with van der Waals surface area (Å²) >= 11 is 0. The number of hydrogen-bond acceptors (Lipinski definition) is 2. The first kappa shape index (κ1) is 12.7. The molecule has 2 aromatic rings. The van der Waals surface area contributed by atoms with E-state index < -0.39 is 0 Å². The average Bonchev–Trinajstić information content (AvgIpc) is 2.57. The largest absolute Gasteiger partial charge is 0.504 e. The third kappa shape index (κ3) is 2.01. The van der Waals surface area contributed by atoms with E-state index in [1.165, 1.54) is 0 Å². The van der Waals surface area contributed by atoms with Crippen molar-refractivity contribution in [2.45, 2.75) is 40.0 Å². The predicted octanol–water partition coefficient (Wildman–Crippen LogP) is 3.49. The van der Waals surface area contributed by atoms with E-state index >= 15 is 0 Å². The van der Waals surface area contributed by atoms with Crippen LogP contribution in [0.3, 0.4) is 0 Å². The van der Waals surface area contributed by atoms with Crippen molar-refractivity contribution in [1.82, 2.24) is 9.78 Å². The minimum atomic E-state index is -0.164. The molecule has 3 nitrogen and oxygen atoms in total. The van der Waals surface area contributed by atoms with Gasteiger partial charge in [0.25, 0.3) is 0 Å². The first-order chi connectivity index (χ1) is 8.32. The Morgan fingerprint density at radius 1 is 1.11 bits per heavy atom. The van der Waals surface area contributed by atoms with Gasteiger partial charge in [-0.1, -0.05) is 39.0 Å². The third-order valence-corrected chi connectivity index (χ3v) is 3.14. The maximum absolute atomic E-state index is 10.2. The van der Waals surface area contributed by atoms with E-state index in [9.17, 15) is 5.11 Å². The minimum absolute atomic E-state index is 0.164. The van der Waals surface area contributed by atoms with E-state index in [2.05, 4.69) is 25.9 Å². The van der Waals surface area contributed by atoms with Gasteiger partial charge in [-0.25, -0.2) is 4.68 Å². The Balaban J connectivity index is 2.65. The van der Waals surface area contributed by atoms with Crippen LogP contribution in [0.4, 0.5) is 0 Å². The van der Waals surface area contributed by atoms with Gasteiger partial charge in [-0.2, -0.15) is 5.10 Å². The number of benzene rings is 1. The molecule has 1 aromatic heterocycles. The van der Waals surface area contributed by atoms with E-state index in [1.807, 2.05) is 42.8 Å². The molecule has 0 aliphatic heterocycles. The highest BCUT2D eigenvalue weighted by Crippen LogP contribution is 2.33. The van der Waals surface area contributed by atoms with Gasteiger partial charge in [-0.3, -0.25) is 0 Å². The fourth-order valence-electron chi connectivity index (χ4n) is 2.03. The molecular weight excluding hydrogens is 224 g/mol. The number of para-hydroxylation sites is 1. The Morgan fingerprint density at radius 2 is 1.72 bits per heavy atom. The quantitative estimate of drug-likeness (QED) is 0.833. The summed E-state index contributed by atoms with van der Waals surface area (Å²) in [5, 5.41) is 14.8. The molecule has 2 rings (SSSR count). The lowest BCUT2D eigenvalue weighted by molar-refractivity contribution is 0.441. The molecule has 18 heavy (non-hydrogen) atoms. The highest BCUT2D eigenvalue weighted by Gasteiger charge is 2.25. The summed E-state index contributed by atoms with van der Waals surface area (Å²) in [7, 11) is 0. The SMILES string of the molecule is Cc1ccccc1-n1nc(C(C)(C)C)c(O)c1C. The van der Waals surface area contributed by atoms with E-state index in [0.29, 0.717) is 5.75 Å². The van der Waals surface area contributed by atoms with Crippen LogP contribution in [-0.4, -0.2) is 14.9 Å². The molecule has 0 amide bonds.